The van der Waals surface area contributed by atoms with E-state index in [1.165, 1.54) is 5.56 Å². The van der Waals surface area contributed by atoms with Crippen molar-refractivity contribution in [3.63, 3.8) is 0 Å². The summed E-state index contributed by atoms with van der Waals surface area (Å²) in [6.07, 6.45) is 3.25. The van der Waals surface area contributed by atoms with Crippen LogP contribution in [0.3, 0.4) is 0 Å². The Hall–Kier alpha value is -3.32. The van der Waals surface area contributed by atoms with Crippen molar-refractivity contribution < 1.29 is 19.0 Å². The number of benzene rings is 2. The summed E-state index contributed by atoms with van der Waals surface area (Å²) >= 11 is 0. The van der Waals surface area contributed by atoms with Crippen LogP contribution < -0.4 is 14.8 Å². The third-order valence-corrected chi connectivity index (χ3v) is 4.78. The molecule has 2 aromatic carbocycles. The Balaban J connectivity index is 1.78. The average Bonchev–Trinajstić information content (AvgIpc) is 3.17. The second-order valence-electron chi connectivity index (χ2n) is 7.43. The number of anilines is 1. The first-order chi connectivity index (χ1) is 15.0. The fourth-order valence-electron chi connectivity index (χ4n) is 3.26. The number of nitrogens with one attached hydrogen (secondary N) is 1. The lowest BCUT2D eigenvalue weighted by Crippen LogP contribution is -2.19. The van der Waals surface area contributed by atoms with E-state index in [0.717, 1.165) is 24.2 Å². The molecule has 3 rings (SSSR count). The quantitative estimate of drug-likeness (QED) is 0.536. The topological polar surface area (TPSA) is 74.6 Å². The molecule has 0 aliphatic rings. The van der Waals surface area contributed by atoms with Crippen LogP contribution in [0.2, 0.25) is 0 Å². The van der Waals surface area contributed by atoms with E-state index in [0.29, 0.717) is 23.7 Å². The zero-order valence-corrected chi connectivity index (χ0v) is 18.4. The number of nitrogens with zero attached hydrogens (tertiary/aromatic N) is 2. The Morgan fingerprint density at radius 1 is 1.03 bits per heavy atom. The Labute approximate surface area is 182 Å². The first kappa shape index (κ1) is 22.4. The van der Waals surface area contributed by atoms with Crippen LogP contribution in [0.15, 0.2) is 54.7 Å². The van der Waals surface area contributed by atoms with Gasteiger partial charge in [-0.15, -0.1) is 0 Å². The molecular weight excluding hydrogens is 394 g/mol. The molecule has 7 heteroatoms. The molecule has 0 unspecified atom stereocenters. The summed E-state index contributed by atoms with van der Waals surface area (Å²) < 4.78 is 18.0. The highest BCUT2D eigenvalue weighted by molar-refractivity contribution is 6.04. The van der Waals surface area contributed by atoms with E-state index in [9.17, 15) is 4.79 Å². The van der Waals surface area contributed by atoms with Crippen molar-refractivity contribution in [2.24, 2.45) is 7.05 Å². The lowest BCUT2D eigenvalue weighted by Gasteiger charge is -2.16. The van der Waals surface area contributed by atoms with E-state index >= 15 is 0 Å². The third-order valence-electron chi connectivity index (χ3n) is 4.78. The first-order valence-corrected chi connectivity index (χ1v) is 10.2. The van der Waals surface area contributed by atoms with Gasteiger partial charge in [0.15, 0.2) is 5.82 Å². The van der Waals surface area contributed by atoms with Gasteiger partial charge in [-0.25, -0.2) is 0 Å². The Morgan fingerprint density at radius 2 is 1.77 bits per heavy atom. The van der Waals surface area contributed by atoms with E-state index in [2.05, 4.69) is 22.5 Å². The maximum Gasteiger partial charge on any atom is 0.257 e. The number of carbonyl (C=O) groups excluding carboxylic acids is 1. The van der Waals surface area contributed by atoms with E-state index < -0.39 is 0 Å². The number of rotatable bonds is 10. The van der Waals surface area contributed by atoms with Crippen molar-refractivity contribution in [2.75, 3.05) is 26.1 Å². The summed E-state index contributed by atoms with van der Waals surface area (Å²) in [4.78, 5) is 12.8. The molecule has 3 aromatic rings. The molecule has 0 fully saturated rings. The highest BCUT2D eigenvalue weighted by Crippen LogP contribution is 2.22. The van der Waals surface area contributed by atoms with Crippen LogP contribution in [0, 0.1) is 0 Å². The molecule has 0 saturated heterocycles. The van der Waals surface area contributed by atoms with Crippen molar-refractivity contribution in [1.29, 1.82) is 0 Å². The molecule has 1 amide bonds. The summed E-state index contributed by atoms with van der Waals surface area (Å²) in [6.45, 7) is 2.40. The minimum atomic E-state index is -0.228. The molecule has 31 heavy (non-hydrogen) atoms. The second kappa shape index (κ2) is 10.6. The number of hydrogen-bond acceptors (Lipinski definition) is 5. The largest absolute Gasteiger partial charge is 0.497 e. The highest BCUT2D eigenvalue weighted by Gasteiger charge is 2.13. The van der Waals surface area contributed by atoms with Gasteiger partial charge in [0.25, 0.3) is 5.91 Å². The van der Waals surface area contributed by atoms with E-state index in [1.54, 1.807) is 44.3 Å². The van der Waals surface area contributed by atoms with Crippen LogP contribution in [-0.2, 0) is 24.6 Å². The summed E-state index contributed by atoms with van der Waals surface area (Å²) in [5.74, 6) is 1.75. The zero-order valence-electron chi connectivity index (χ0n) is 18.4. The Kier molecular flexibility index (Phi) is 7.67. The third kappa shape index (κ3) is 6.58. The lowest BCUT2D eigenvalue weighted by atomic mass is 10.0. The normalized spacial score (nSPS) is 11.7. The van der Waals surface area contributed by atoms with Crippen LogP contribution in [-0.4, -0.2) is 42.6 Å². The molecule has 7 nitrogen and oxygen atoms in total. The molecule has 1 N–H and O–H groups in total. The van der Waals surface area contributed by atoms with Crippen LogP contribution >= 0.6 is 0 Å². The summed E-state index contributed by atoms with van der Waals surface area (Å²) in [7, 11) is 5.10. The van der Waals surface area contributed by atoms with Gasteiger partial charge in [-0.2, -0.15) is 5.10 Å². The SMILES string of the molecule is COC[C@H](C)Oc1cc(CCc2ccc(OC)cc2)cc(C(=O)Nc2ccn(C)n2)c1. The molecule has 1 aromatic heterocycles. The molecule has 0 aliphatic heterocycles. The number of hydrogen-bond donors (Lipinski definition) is 1. The van der Waals surface area contributed by atoms with E-state index in [1.807, 2.05) is 31.2 Å². The molecule has 0 spiro atoms. The van der Waals surface area contributed by atoms with E-state index in [-0.39, 0.29) is 12.0 Å². The molecule has 1 heterocycles. The van der Waals surface area contributed by atoms with Gasteiger partial charge < -0.3 is 19.5 Å². The summed E-state index contributed by atoms with van der Waals surface area (Å²) in [6, 6.07) is 15.4. The molecular formula is C24H29N3O4. The summed E-state index contributed by atoms with van der Waals surface area (Å²) in [5, 5.41) is 7.04. The minimum Gasteiger partial charge on any atom is -0.497 e. The van der Waals surface area contributed by atoms with Crippen molar-refractivity contribution in [3.8, 4) is 11.5 Å². The maximum atomic E-state index is 12.8. The molecule has 0 aliphatic carbocycles. The number of ether oxygens (including phenoxy) is 3. The van der Waals surface area contributed by atoms with Crippen molar-refractivity contribution in [2.45, 2.75) is 25.9 Å². The lowest BCUT2D eigenvalue weighted by molar-refractivity contribution is 0.0916. The number of carbonyl (C=O) groups is 1. The highest BCUT2D eigenvalue weighted by atomic mass is 16.5. The van der Waals surface area contributed by atoms with Crippen LogP contribution in [0.5, 0.6) is 11.5 Å². The number of amides is 1. The van der Waals surface area contributed by atoms with Crippen molar-refractivity contribution in [3.05, 3.63) is 71.4 Å². The predicted molar refractivity (Wildman–Crippen MR) is 120 cm³/mol. The van der Waals surface area contributed by atoms with Gasteiger partial charge in [-0.3, -0.25) is 9.48 Å². The molecule has 0 radical (unpaired) electrons. The van der Waals surface area contributed by atoms with Gasteiger partial charge in [0.1, 0.15) is 17.6 Å². The number of methoxy groups -OCH3 is 2. The monoisotopic (exact) mass is 423 g/mol. The molecule has 0 bridgehead atoms. The smallest absolute Gasteiger partial charge is 0.257 e. The van der Waals surface area contributed by atoms with Gasteiger partial charge in [0.05, 0.1) is 13.7 Å². The predicted octanol–water partition coefficient (Wildman–Crippen LogP) is 3.88. The van der Waals surface area contributed by atoms with Gasteiger partial charge in [0, 0.05) is 32.0 Å². The summed E-state index contributed by atoms with van der Waals surface area (Å²) in [5.41, 5.74) is 2.74. The van der Waals surface area contributed by atoms with Crippen molar-refractivity contribution >= 4 is 11.7 Å². The fourth-order valence-corrected chi connectivity index (χ4v) is 3.26. The Bertz CT molecular complexity index is 998. The number of aromatic nitrogens is 2. The molecule has 1 atom stereocenters. The second-order valence-corrected chi connectivity index (χ2v) is 7.43. The van der Waals surface area contributed by atoms with Crippen LogP contribution in [0.25, 0.3) is 0 Å². The zero-order chi connectivity index (χ0) is 22.2. The maximum absolute atomic E-state index is 12.8. The molecule has 164 valence electrons. The van der Waals surface area contributed by atoms with Gasteiger partial charge in [0.2, 0.25) is 0 Å². The Morgan fingerprint density at radius 3 is 2.42 bits per heavy atom. The van der Waals surface area contributed by atoms with Crippen molar-refractivity contribution in [1.82, 2.24) is 9.78 Å². The minimum absolute atomic E-state index is 0.131. The number of aryl methyl sites for hydroxylation is 3. The fraction of sp³-hybridized carbons (Fsp3) is 0.333. The van der Waals surface area contributed by atoms with Crippen LogP contribution in [0.1, 0.15) is 28.4 Å². The standard InChI is InChI=1S/C24H29N3O4/c1-17(16-29-3)31-22-14-19(6-5-18-7-9-21(30-4)10-8-18)13-20(15-22)24(28)25-23-11-12-27(2)26-23/h7-15,17H,5-6,16H2,1-4H3,(H,25,26,28)/t17-/m0/s1. The van der Waals surface area contributed by atoms with Gasteiger partial charge in [-0.05, 0) is 61.2 Å². The average molecular weight is 424 g/mol. The van der Waals surface area contributed by atoms with Gasteiger partial charge in [-0.1, -0.05) is 12.1 Å². The molecule has 0 saturated carbocycles. The van der Waals surface area contributed by atoms with Crippen LogP contribution in [0.4, 0.5) is 5.82 Å². The van der Waals surface area contributed by atoms with Gasteiger partial charge >= 0.3 is 0 Å². The first-order valence-electron chi connectivity index (χ1n) is 10.2. The van der Waals surface area contributed by atoms with E-state index in [4.69, 9.17) is 14.2 Å².